The van der Waals surface area contributed by atoms with E-state index < -0.39 is 4.92 Å². The first kappa shape index (κ1) is 17.4. The molecule has 7 heteroatoms. The summed E-state index contributed by atoms with van der Waals surface area (Å²) in [7, 11) is 0. The highest BCUT2D eigenvalue weighted by Crippen LogP contribution is 2.15. The summed E-state index contributed by atoms with van der Waals surface area (Å²) >= 11 is 0. The Balaban J connectivity index is 1.58. The molecule has 1 aromatic carbocycles. The second-order valence-corrected chi connectivity index (χ2v) is 5.26. The first-order valence-electron chi connectivity index (χ1n) is 7.80. The molecule has 0 aliphatic heterocycles. The van der Waals surface area contributed by atoms with Gasteiger partial charge in [-0.15, -0.1) is 0 Å². The first-order valence-corrected chi connectivity index (χ1v) is 7.80. The first-order chi connectivity index (χ1) is 11.6. The number of carbonyl (C=O) groups excluding carboxylic acids is 1. The van der Waals surface area contributed by atoms with Crippen LogP contribution in [0.4, 0.5) is 11.4 Å². The number of rotatable bonds is 9. The van der Waals surface area contributed by atoms with Crippen LogP contribution in [-0.2, 0) is 11.2 Å². The fraction of sp³-hybridized carbons (Fsp3) is 0.294. The maximum absolute atomic E-state index is 11.7. The third-order valence-corrected chi connectivity index (χ3v) is 3.42. The van der Waals surface area contributed by atoms with Crippen molar-refractivity contribution in [3.8, 4) is 0 Å². The summed E-state index contributed by atoms with van der Waals surface area (Å²) in [5.41, 5.74) is 1.82. The van der Waals surface area contributed by atoms with Crippen molar-refractivity contribution < 1.29 is 9.72 Å². The number of aromatic nitrogens is 1. The van der Waals surface area contributed by atoms with Gasteiger partial charge in [0, 0.05) is 55.6 Å². The number of benzene rings is 1. The Morgan fingerprint density at radius 1 is 1.12 bits per heavy atom. The van der Waals surface area contributed by atoms with Crippen molar-refractivity contribution in [1.29, 1.82) is 0 Å². The molecule has 2 aromatic rings. The third kappa shape index (κ3) is 6.04. The van der Waals surface area contributed by atoms with Crippen molar-refractivity contribution in [2.45, 2.75) is 19.3 Å². The number of nitro groups is 1. The number of anilines is 1. The molecule has 7 nitrogen and oxygen atoms in total. The average Bonchev–Trinajstić information content (AvgIpc) is 2.60. The molecule has 2 rings (SSSR count). The van der Waals surface area contributed by atoms with Gasteiger partial charge in [0.1, 0.15) is 0 Å². The number of non-ortho nitro benzene ring substituents is 1. The number of nitrogens with zero attached hydrogens (tertiary/aromatic N) is 2. The summed E-state index contributed by atoms with van der Waals surface area (Å²) in [5.74, 6) is 0.0106. The molecule has 0 saturated carbocycles. The molecular weight excluding hydrogens is 308 g/mol. The van der Waals surface area contributed by atoms with Crippen molar-refractivity contribution in [1.82, 2.24) is 10.3 Å². The summed E-state index contributed by atoms with van der Waals surface area (Å²) in [6.07, 6.45) is 3.57. The number of pyridine rings is 1. The smallest absolute Gasteiger partial charge is 0.269 e. The quantitative estimate of drug-likeness (QED) is 0.419. The predicted octanol–water partition coefficient (Wildman–Crippen LogP) is 2.54. The molecule has 1 heterocycles. The molecule has 0 bridgehead atoms. The number of amides is 1. The second-order valence-electron chi connectivity index (χ2n) is 5.26. The van der Waals surface area contributed by atoms with Crippen LogP contribution in [0.15, 0.2) is 48.7 Å². The highest BCUT2D eigenvalue weighted by molar-refractivity contribution is 5.75. The Morgan fingerprint density at radius 2 is 1.92 bits per heavy atom. The van der Waals surface area contributed by atoms with Crippen LogP contribution in [0.3, 0.4) is 0 Å². The Labute approximate surface area is 140 Å². The van der Waals surface area contributed by atoms with Crippen molar-refractivity contribution in [3.05, 3.63) is 64.5 Å². The van der Waals surface area contributed by atoms with Gasteiger partial charge in [-0.3, -0.25) is 19.9 Å². The molecule has 0 fully saturated rings. The van der Waals surface area contributed by atoms with Crippen LogP contribution in [-0.4, -0.2) is 28.9 Å². The maximum Gasteiger partial charge on any atom is 0.269 e. The number of nitrogens with one attached hydrogen (secondary N) is 2. The Kier molecular flexibility index (Phi) is 6.70. The maximum atomic E-state index is 11.7. The average molecular weight is 328 g/mol. The lowest BCUT2D eigenvalue weighted by Crippen LogP contribution is -2.26. The third-order valence-electron chi connectivity index (χ3n) is 3.42. The Morgan fingerprint density at radius 3 is 2.58 bits per heavy atom. The van der Waals surface area contributed by atoms with Crippen LogP contribution < -0.4 is 10.6 Å². The number of hydrogen-bond donors (Lipinski definition) is 2. The fourth-order valence-corrected chi connectivity index (χ4v) is 2.15. The number of nitro benzene ring substituents is 1. The van der Waals surface area contributed by atoms with E-state index in [1.807, 2.05) is 18.2 Å². The van der Waals surface area contributed by atoms with Crippen LogP contribution >= 0.6 is 0 Å². The Hall–Kier alpha value is -2.96. The van der Waals surface area contributed by atoms with Gasteiger partial charge >= 0.3 is 0 Å². The molecule has 0 aliphatic carbocycles. The largest absolute Gasteiger partial charge is 0.385 e. The van der Waals surface area contributed by atoms with Gasteiger partial charge < -0.3 is 10.6 Å². The summed E-state index contributed by atoms with van der Waals surface area (Å²) in [6, 6.07) is 11.9. The van der Waals surface area contributed by atoms with E-state index >= 15 is 0 Å². The Bertz CT molecular complexity index is 659. The van der Waals surface area contributed by atoms with E-state index in [0.717, 1.165) is 11.4 Å². The van der Waals surface area contributed by atoms with Crippen molar-refractivity contribution in [3.63, 3.8) is 0 Å². The van der Waals surface area contributed by atoms with Gasteiger partial charge in [-0.05, 0) is 30.7 Å². The van der Waals surface area contributed by atoms with E-state index in [9.17, 15) is 14.9 Å². The molecular formula is C17H20N4O3. The van der Waals surface area contributed by atoms with Gasteiger partial charge in [0.05, 0.1) is 4.92 Å². The van der Waals surface area contributed by atoms with E-state index in [1.54, 1.807) is 18.3 Å². The van der Waals surface area contributed by atoms with Crippen LogP contribution in [0, 0.1) is 10.1 Å². The molecule has 24 heavy (non-hydrogen) atoms. The molecule has 0 saturated heterocycles. The van der Waals surface area contributed by atoms with Crippen LogP contribution in [0.2, 0.25) is 0 Å². The molecule has 0 spiro atoms. The van der Waals surface area contributed by atoms with Gasteiger partial charge in [-0.1, -0.05) is 6.07 Å². The molecule has 2 N–H and O–H groups in total. The molecule has 1 aromatic heterocycles. The molecule has 0 radical (unpaired) electrons. The lowest BCUT2D eigenvalue weighted by molar-refractivity contribution is -0.384. The number of carbonyl (C=O) groups is 1. The summed E-state index contributed by atoms with van der Waals surface area (Å²) < 4.78 is 0. The van der Waals surface area contributed by atoms with Gasteiger partial charge in [-0.2, -0.15) is 0 Å². The van der Waals surface area contributed by atoms with Gasteiger partial charge in [0.2, 0.25) is 5.91 Å². The summed E-state index contributed by atoms with van der Waals surface area (Å²) in [4.78, 5) is 26.1. The van der Waals surface area contributed by atoms with Crippen molar-refractivity contribution in [2.24, 2.45) is 0 Å². The molecule has 126 valence electrons. The molecule has 0 unspecified atom stereocenters. The van der Waals surface area contributed by atoms with Crippen molar-refractivity contribution >= 4 is 17.3 Å². The topological polar surface area (TPSA) is 97.2 Å². The normalized spacial score (nSPS) is 10.2. The lowest BCUT2D eigenvalue weighted by Gasteiger charge is -2.07. The molecule has 0 aliphatic rings. The van der Waals surface area contributed by atoms with Crippen LogP contribution in [0.25, 0.3) is 0 Å². The van der Waals surface area contributed by atoms with E-state index in [1.165, 1.54) is 12.1 Å². The van der Waals surface area contributed by atoms with Crippen LogP contribution in [0.1, 0.15) is 18.5 Å². The lowest BCUT2D eigenvalue weighted by atomic mass is 10.2. The molecule has 1 amide bonds. The zero-order valence-electron chi connectivity index (χ0n) is 13.3. The fourth-order valence-electron chi connectivity index (χ4n) is 2.15. The predicted molar refractivity (Wildman–Crippen MR) is 91.8 cm³/mol. The van der Waals surface area contributed by atoms with Gasteiger partial charge in [0.25, 0.3) is 5.69 Å². The highest BCUT2D eigenvalue weighted by atomic mass is 16.6. The minimum absolute atomic E-state index is 0.0106. The summed E-state index contributed by atoms with van der Waals surface area (Å²) in [5, 5.41) is 16.6. The second kappa shape index (κ2) is 9.24. The monoisotopic (exact) mass is 328 g/mol. The number of hydrogen-bond acceptors (Lipinski definition) is 5. The van der Waals surface area contributed by atoms with Gasteiger partial charge in [-0.25, -0.2) is 0 Å². The summed E-state index contributed by atoms with van der Waals surface area (Å²) in [6.45, 7) is 1.21. The van der Waals surface area contributed by atoms with Crippen molar-refractivity contribution in [2.75, 3.05) is 18.4 Å². The molecule has 0 atom stereocenters. The van der Waals surface area contributed by atoms with E-state index in [2.05, 4.69) is 15.6 Å². The highest BCUT2D eigenvalue weighted by Gasteiger charge is 2.04. The van der Waals surface area contributed by atoms with E-state index in [0.29, 0.717) is 32.4 Å². The minimum Gasteiger partial charge on any atom is -0.385 e. The van der Waals surface area contributed by atoms with Crippen LogP contribution in [0.5, 0.6) is 0 Å². The van der Waals surface area contributed by atoms with E-state index in [-0.39, 0.29) is 11.6 Å². The minimum atomic E-state index is -0.431. The zero-order chi connectivity index (χ0) is 17.2. The SMILES string of the molecule is O=C(CCCNc1ccc([N+](=O)[O-])cc1)NCCc1ccccn1. The van der Waals surface area contributed by atoms with E-state index in [4.69, 9.17) is 0 Å². The standard InChI is InChI=1S/C17H20N4O3/c22-17(20-13-10-14-4-1-2-11-18-14)5-3-12-19-15-6-8-16(9-7-15)21(23)24/h1-2,4,6-9,11,19H,3,5,10,12-13H2,(H,20,22). The zero-order valence-corrected chi connectivity index (χ0v) is 13.3. The van der Waals surface area contributed by atoms with Gasteiger partial charge in [0.15, 0.2) is 0 Å².